The number of nitrogens with one attached hydrogen (secondary N) is 2. The van der Waals surface area contributed by atoms with E-state index in [2.05, 4.69) is 14.7 Å². The minimum atomic E-state index is -4.33. The molecule has 1 aromatic carbocycles. The number of imidazole rings is 1. The van der Waals surface area contributed by atoms with Crippen molar-refractivity contribution >= 4 is 11.0 Å². The Morgan fingerprint density at radius 1 is 1.25 bits per heavy atom. The lowest BCUT2D eigenvalue weighted by Crippen LogP contribution is -2.19. The van der Waals surface area contributed by atoms with E-state index in [1.807, 2.05) is 0 Å². The molecule has 0 radical (unpaired) electrons. The summed E-state index contributed by atoms with van der Waals surface area (Å²) in [7, 11) is 0. The normalized spacial score (nSPS) is 13.8. The van der Waals surface area contributed by atoms with Crippen LogP contribution in [0.25, 0.3) is 11.0 Å². The summed E-state index contributed by atoms with van der Waals surface area (Å²) in [5.74, 6) is 0. The minimum absolute atomic E-state index is 0.0810. The van der Waals surface area contributed by atoms with Crippen LogP contribution < -0.4 is 11.4 Å². The molecule has 2 rings (SSSR count). The van der Waals surface area contributed by atoms with Gasteiger partial charge in [0.15, 0.2) is 0 Å². The number of rotatable bonds is 5. The molecule has 0 bridgehead atoms. The van der Waals surface area contributed by atoms with Crippen molar-refractivity contribution in [2.75, 3.05) is 13.2 Å². The Balaban J connectivity index is 1.93. The van der Waals surface area contributed by atoms with Gasteiger partial charge in [-0.3, -0.25) is 0 Å². The maximum absolute atomic E-state index is 11.9. The molecule has 2 aromatic rings. The third-order valence-electron chi connectivity index (χ3n) is 2.81. The van der Waals surface area contributed by atoms with Crippen LogP contribution >= 0.6 is 0 Å². The molecule has 0 fully saturated rings. The van der Waals surface area contributed by atoms with Crippen LogP contribution in [0.2, 0.25) is 0 Å². The molecule has 5 nitrogen and oxygen atoms in total. The SMILES string of the molecule is NC(CCOCC(F)(F)F)c1ccc2[nH]c(=O)[nH]c2c1. The van der Waals surface area contributed by atoms with Gasteiger partial charge in [0.2, 0.25) is 0 Å². The third kappa shape index (κ3) is 3.84. The Morgan fingerprint density at radius 3 is 2.65 bits per heavy atom. The van der Waals surface area contributed by atoms with E-state index in [9.17, 15) is 18.0 Å². The first-order valence-electron chi connectivity index (χ1n) is 5.97. The molecule has 1 heterocycles. The number of nitrogens with two attached hydrogens (primary N) is 1. The number of halogens is 3. The smallest absolute Gasteiger partial charge is 0.372 e. The zero-order valence-corrected chi connectivity index (χ0v) is 10.5. The Morgan fingerprint density at radius 2 is 1.95 bits per heavy atom. The molecule has 0 spiro atoms. The molecule has 0 aliphatic rings. The van der Waals surface area contributed by atoms with Crippen LogP contribution in [0.3, 0.4) is 0 Å². The van der Waals surface area contributed by atoms with Crippen LogP contribution in [0.1, 0.15) is 18.0 Å². The molecule has 1 unspecified atom stereocenters. The van der Waals surface area contributed by atoms with Crippen molar-refractivity contribution in [3.63, 3.8) is 0 Å². The number of alkyl halides is 3. The molecule has 1 atom stereocenters. The lowest BCUT2D eigenvalue weighted by Gasteiger charge is -2.13. The number of hydrogen-bond donors (Lipinski definition) is 3. The average Bonchev–Trinajstić information content (AvgIpc) is 2.72. The number of H-pyrrole nitrogens is 2. The Kier molecular flexibility index (Phi) is 4.15. The number of fused-ring (bicyclic) bond motifs is 1. The van der Waals surface area contributed by atoms with Gasteiger partial charge in [-0.2, -0.15) is 13.2 Å². The largest absolute Gasteiger partial charge is 0.411 e. The molecule has 4 N–H and O–H groups in total. The molecule has 0 aliphatic carbocycles. The van der Waals surface area contributed by atoms with Crippen molar-refractivity contribution in [2.24, 2.45) is 5.73 Å². The molecular formula is C12H14F3N3O2. The highest BCUT2D eigenvalue weighted by Gasteiger charge is 2.27. The van der Waals surface area contributed by atoms with E-state index in [4.69, 9.17) is 5.73 Å². The number of hydrogen-bond acceptors (Lipinski definition) is 3. The lowest BCUT2D eigenvalue weighted by atomic mass is 10.0. The monoisotopic (exact) mass is 289 g/mol. The average molecular weight is 289 g/mol. The van der Waals surface area contributed by atoms with Gasteiger partial charge < -0.3 is 20.4 Å². The second kappa shape index (κ2) is 5.68. The van der Waals surface area contributed by atoms with Crippen LogP contribution in [-0.4, -0.2) is 29.4 Å². The van der Waals surface area contributed by atoms with Gasteiger partial charge in [0, 0.05) is 12.6 Å². The van der Waals surface area contributed by atoms with Gasteiger partial charge in [-0.25, -0.2) is 4.79 Å². The fraction of sp³-hybridized carbons (Fsp3) is 0.417. The van der Waals surface area contributed by atoms with E-state index in [0.717, 1.165) is 5.56 Å². The van der Waals surface area contributed by atoms with E-state index in [-0.39, 0.29) is 18.7 Å². The lowest BCUT2D eigenvalue weighted by molar-refractivity contribution is -0.174. The van der Waals surface area contributed by atoms with Crippen molar-refractivity contribution in [3.05, 3.63) is 34.2 Å². The number of aromatic amines is 2. The van der Waals surface area contributed by atoms with Crippen molar-refractivity contribution < 1.29 is 17.9 Å². The highest BCUT2D eigenvalue weighted by molar-refractivity contribution is 5.75. The van der Waals surface area contributed by atoms with E-state index in [0.29, 0.717) is 11.0 Å². The fourth-order valence-corrected chi connectivity index (χ4v) is 1.85. The highest BCUT2D eigenvalue weighted by Crippen LogP contribution is 2.19. The van der Waals surface area contributed by atoms with Crippen molar-refractivity contribution in [1.82, 2.24) is 9.97 Å². The van der Waals surface area contributed by atoms with E-state index in [1.54, 1.807) is 18.2 Å². The van der Waals surface area contributed by atoms with Crippen LogP contribution in [0.4, 0.5) is 13.2 Å². The van der Waals surface area contributed by atoms with Gasteiger partial charge in [-0.15, -0.1) is 0 Å². The maximum atomic E-state index is 11.9. The fourth-order valence-electron chi connectivity index (χ4n) is 1.85. The molecule has 20 heavy (non-hydrogen) atoms. The first-order chi connectivity index (χ1) is 9.35. The van der Waals surface area contributed by atoms with Gasteiger partial charge in [0.25, 0.3) is 0 Å². The summed E-state index contributed by atoms with van der Waals surface area (Å²) < 4.78 is 40.2. The molecule has 8 heteroatoms. The molecule has 0 aliphatic heterocycles. The van der Waals surface area contributed by atoms with Crippen LogP contribution in [0.5, 0.6) is 0 Å². The number of aromatic nitrogens is 2. The van der Waals surface area contributed by atoms with Crippen LogP contribution in [-0.2, 0) is 4.74 Å². The van der Waals surface area contributed by atoms with Crippen LogP contribution in [0.15, 0.2) is 23.0 Å². The summed E-state index contributed by atoms with van der Waals surface area (Å²) in [6.45, 7) is -1.35. The third-order valence-corrected chi connectivity index (χ3v) is 2.81. The molecule has 1 aromatic heterocycles. The summed E-state index contributed by atoms with van der Waals surface area (Å²) in [6.07, 6.45) is -4.07. The zero-order chi connectivity index (χ0) is 14.8. The summed E-state index contributed by atoms with van der Waals surface area (Å²) in [5.41, 5.74) is 7.55. The van der Waals surface area contributed by atoms with Crippen molar-refractivity contribution in [3.8, 4) is 0 Å². The van der Waals surface area contributed by atoms with E-state index < -0.39 is 18.8 Å². The van der Waals surface area contributed by atoms with Gasteiger partial charge in [-0.05, 0) is 24.1 Å². The van der Waals surface area contributed by atoms with Gasteiger partial charge in [0.1, 0.15) is 6.61 Å². The first kappa shape index (κ1) is 14.6. The van der Waals surface area contributed by atoms with E-state index in [1.165, 1.54) is 0 Å². The number of ether oxygens (including phenoxy) is 1. The first-order valence-corrected chi connectivity index (χ1v) is 5.97. The Hall–Kier alpha value is -1.80. The molecular weight excluding hydrogens is 275 g/mol. The minimum Gasteiger partial charge on any atom is -0.372 e. The van der Waals surface area contributed by atoms with Crippen molar-refractivity contribution in [1.29, 1.82) is 0 Å². The maximum Gasteiger partial charge on any atom is 0.411 e. The molecule has 0 saturated heterocycles. The predicted octanol–water partition coefficient (Wildman–Crippen LogP) is 1.82. The standard InChI is InChI=1S/C12H14F3N3O2/c13-12(14,15)6-20-4-3-8(16)7-1-2-9-10(5-7)18-11(19)17-9/h1-2,5,8H,3-4,6,16H2,(H2,17,18,19). The molecule has 0 saturated carbocycles. The molecule has 110 valence electrons. The Labute approximate surface area is 111 Å². The Bertz CT molecular complexity index is 633. The number of benzene rings is 1. The van der Waals surface area contributed by atoms with E-state index >= 15 is 0 Å². The quantitative estimate of drug-likeness (QED) is 0.734. The highest BCUT2D eigenvalue weighted by atomic mass is 19.4. The van der Waals surface area contributed by atoms with Crippen LogP contribution in [0, 0.1) is 0 Å². The second-order valence-electron chi connectivity index (χ2n) is 4.45. The van der Waals surface area contributed by atoms with Gasteiger partial charge in [-0.1, -0.05) is 6.07 Å². The van der Waals surface area contributed by atoms with Gasteiger partial charge >= 0.3 is 11.9 Å². The summed E-state index contributed by atoms with van der Waals surface area (Å²) in [4.78, 5) is 16.3. The van der Waals surface area contributed by atoms with Gasteiger partial charge in [0.05, 0.1) is 11.0 Å². The summed E-state index contributed by atoms with van der Waals surface area (Å²) in [5, 5.41) is 0. The molecule has 0 amide bonds. The predicted molar refractivity (Wildman–Crippen MR) is 67.3 cm³/mol. The zero-order valence-electron chi connectivity index (χ0n) is 10.5. The van der Waals surface area contributed by atoms with Crippen molar-refractivity contribution in [2.45, 2.75) is 18.6 Å². The second-order valence-corrected chi connectivity index (χ2v) is 4.45. The summed E-state index contributed by atoms with van der Waals surface area (Å²) in [6, 6.07) is 4.66. The summed E-state index contributed by atoms with van der Waals surface area (Å²) >= 11 is 0. The topological polar surface area (TPSA) is 83.9 Å².